The van der Waals surface area contributed by atoms with Crippen molar-refractivity contribution in [1.29, 1.82) is 0 Å². The zero-order valence-corrected chi connectivity index (χ0v) is 12.5. The van der Waals surface area contributed by atoms with E-state index in [1.54, 1.807) is 0 Å². The molecule has 3 nitrogen and oxygen atoms in total. The van der Waals surface area contributed by atoms with Gasteiger partial charge in [0.05, 0.1) is 0 Å². The van der Waals surface area contributed by atoms with E-state index >= 15 is 0 Å². The molecule has 0 amide bonds. The van der Waals surface area contributed by atoms with Gasteiger partial charge in [-0.15, -0.1) is 0 Å². The lowest BCUT2D eigenvalue weighted by atomic mass is 9.78. The van der Waals surface area contributed by atoms with Gasteiger partial charge in [0.2, 0.25) is 0 Å². The lowest BCUT2D eigenvalue weighted by Crippen LogP contribution is -2.38. The van der Waals surface area contributed by atoms with Crippen LogP contribution in [-0.4, -0.2) is 50.7 Å². The second-order valence-electron chi connectivity index (χ2n) is 7.00. The fourth-order valence-corrected chi connectivity index (χ4v) is 3.41. The average Bonchev–Trinajstić information content (AvgIpc) is 2.95. The molecule has 0 aromatic rings. The van der Waals surface area contributed by atoms with Crippen LogP contribution in [0, 0.1) is 11.3 Å². The van der Waals surface area contributed by atoms with E-state index < -0.39 is 0 Å². The second-order valence-corrected chi connectivity index (χ2v) is 7.00. The minimum atomic E-state index is 0.438. The van der Waals surface area contributed by atoms with Crippen molar-refractivity contribution in [3.8, 4) is 0 Å². The van der Waals surface area contributed by atoms with Crippen molar-refractivity contribution < 1.29 is 0 Å². The van der Waals surface area contributed by atoms with Crippen LogP contribution in [0.15, 0.2) is 0 Å². The van der Waals surface area contributed by atoms with E-state index in [0.717, 1.165) is 18.5 Å². The third kappa shape index (κ3) is 3.94. The molecule has 0 aromatic carbocycles. The van der Waals surface area contributed by atoms with Crippen LogP contribution in [0.4, 0.5) is 0 Å². The maximum Gasteiger partial charge on any atom is 0.00796 e. The Morgan fingerprint density at radius 3 is 2.78 bits per heavy atom. The largest absolute Gasteiger partial charge is 0.316 e. The molecule has 0 radical (unpaired) electrons. The Balaban J connectivity index is 1.62. The lowest BCUT2D eigenvalue weighted by molar-refractivity contribution is 0.206. The van der Waals surface area contributed by atoms with Crippen LogP contribution < -0.4 is 10.6 Å². The maximum atomic E-state index is 3.69. The fraction of sp³-hybridized carbons (Fsp3) is 1.00. The highest BCUT2D eigenvalue weighted by Crippen LogP contribution is 2.33. The Kier molecular flexibility index (Phi) is 5.05. The van der Waals surface area contributed by atoms with Crippen LogP contribution in [0.25, 0.3) is 0 Å². The summed E-state index contributed by atoms with van der Waals surface area (Å²) in [6.45, 7) is 11.0. The molecule has 2 saturated heterocycles. The summed E-state index contributed by atoms with van der Waals surface area (Å²) >= 11 is 0. The average molecular weight is 253 g/mol. The van der Waals surface area contributed by atoms with Gasteiger partial charge >= 0.3 is 0 Å². The molecule has 0 aromatic heterocycles. The van der Waals surface area contributed by atoms with E-state index in [2.05, 4.69) is 36.4 Å². The Morgan fingerprint density at radius 2 is 2.17 bits per heavy atom. The molecule has 2 aliphatic heterocycles. The van der Waals surface area contributed by atoms with E-state index in [0.29, 0.717) is 5.41 Å². The first-order valence-corrected chi connectivity index (χ1v) is 7.70. The number of hydrogen-bond donors (Lipinski definition) is 2. The summed E-state index contributed by atoms with van der Waals surface area (Å²) in [5.41, 5.74) is 0.438. The summed E-state index contributed by atoms with van der Waals surface area (Å²) in [6.07, 6.45) is 5.40. The standard InChI is InChI=1S/C15H31N3/c1-15(2,13-7-10-18(3)11-13)12-16-9-6-14-5-4-8-17-14/h13-14,16-17H,4-12H2,1-3H3. The molecule has 2 fully saturated rings. The van der Waals surface area contributed by atoms with Crippen LogP contribution in [-0.2, 0) is 0 Å². The molecule has 2 atom stereocenters. The third-order valence-electron chi connectivity index (χ3n) is 4.91. The van der Waals surface area contributed by atoms with E-state index in [9.17, 15) is 0 Å². The Morgan fingerprint density at radius 1 is 1.33 bits per heavy atom. The van der Waals surface area contributed by atoms with Crippen LogP contribution in [0.5, 0.6) is 0 Å². The van der Waals surface area contributed by atoms with Crippen molar-refractivity contribution in [2.45, 2.75) is 45.6 Å². The van der Waals surface area contributed by atoms with Gasteiger partial charge in [0.1, 0.15) is 0 Å². The Hall–Kier alpha value is -0.120. The van der Waals surface area contributed by atoms with Crippen molar-refractivity contribution in [2.24, 2.45) is 11.3 Å². The maximum absolute atomic E-state index is 3.69. The second kappa shape index (κ2) is 6.36. The van der Waals surface area contributed by atoms with Crippen molar-refractivity contribution in [3.05, 3.63) is 0 Å². The molecular formula is C15H31N3. The number of likely N-dealkylation sites (tertiary alicyclic amines) is 1. The zero-order valence-electron chi connectivity index (χ0n) is 12.5. The highest BCUT2D eigenvalue weighted by atomic mass is 15.1. The highest BCUT2D eigenvalue weighted by Gasteiger charge is 2.33. The van der Waals surface area contributed by atoms with Gasteiger partial charge in [-0.05, 0) is 63.7 Å². The first-order chi connectivity index (χ1) is 8.58. The van der Waals surface area contributed by atoms with Gasteiger partial charge in [-0.1, -0.05) is 13.8 Å². The number of rotatable bonds is 6. The van der Waals surface area contributed by atoms with Gasteiger partial charge in [0, 0.05) is 19.1 Å². The molecule has 2 heterocycles. The number of nitrogens with one attached hydrogen (secondary N) is 2. The molecule has 2 rings (SSSR count). The molecule has 2 N–H and O–H groups in total. The molecule has 0 spiro atoms. The quantitative estimate of drug-likeness (QED) is 0.706. The Labute approximate surface area is 113 Å². The first-order valence-electron chi connectivity index (χ1n) is 7.70. The van der Waals surface area contributed by atoms with Crippen molar-refractivity contribution in [2.75, 3.05) is 39.8 Å². The van der Waals surface area contributed by atoms with Crippen molar-refractivity contribution in [1.82, 2.24) is 15.5 Å². The molecule has 18 heavy (non-hydrogen) atoms. The molecular weight excluding hydrogens is 222 g/mol. The lowest BCUT2D eigenvalue weighted by Gasteiger charge is -2.32. The molecule has 2 unspecified atom stereocenters. The summed E-state index contributed by atoms with van der Waals surface area (Å²) in [6, 6.07) is 0.776. The van der Waals surface area contributed by atoms with Crippen LogP contribution in [0.1, 0.15) is 39.5 Å². The summed E-state index contributed by atoms with van der Waals surface area (Å²) in [5.74, 6) is 0.861. The van der Waals surface area contributed by atoms with Gasteiger partial charge in [0.15, 0.2) is 0 Å². The minimum Gasteiger partial charge on any atom is -0.316 e. The van der Waals surface area contributed by atoms with Crippen molar-refractivity contribution in [3.63, 3.8) is 0 Å². The summed E-state index contributed by atoms with van der Waals surface area (Å²) in [7, 11) is 2.25. The first kappa shape index (κ1) is 14.3. The number of nitrogens with zero attached hydrogens (tertiary/aromatic N) is 1. The third-order valence-corrected chi connectivity index (χ3v) is 4.91. The SMILES string of the molecule is CN1CCC(C(C)(C)CNCCC2CCCN2)C1. The van der Waals surface area contributed by atoms with Crippen LogP contribution in [0.2, 0.25) is 0 Å². The van der Waals surface area contributed by atoms with Crippen LogP contribution >= 0.6 is 0 Å². The summed E-state index contributed by atoms with van der Waals surface area (Å²) < 4.78 is 0. The molecule has 0 aliphatic carbocycles. The smallest absolute Gasteiger partial charge is 0.00796 e. The van der Waals surface area contributed by atoms with Gasteiger partial charge in [-0.2, -0.15) is 0 Å². The van der Waals surface area contributed by atoms with Crippen LogP contribution in [0.3, 0.4) is 0 Å². The van der Waals surface area contributed by atoms with E-state index in [1.807, 2.05) is 0 Å². The predicted molar refractivity (Wildman–Crippen MR) is 77.9 cm³/mol. The monoisotopic (exact) mass is 253 g/mol. The molecule has 106 valence electrons. The minimum absolute atomic E-state index is 0.438. The van der Waals surface area contributed by atoms with Crippen molar-refractivity contribution >= 4 is 0 Å². The number of hydrogen-bond acceptors (Lipinski definition) is 3. The zero-order chi connectivity index (χ0) is 13.0. The van der Waals surface area contributed by atoms with E-state index in [1.165, 1.54) is 51.9 Å². The molecule has 0 bridgehead atoms. The van der Waals surface area contributed by atoms with Gasteiger partial charge in [0.25, 0.3) is 0 Å². The van der Waals surface area contributed by atoms with E-state index in [4.69, 9.17) is 0 Å². The highest BCUT2D eigenvalue weighted by molar-refractivity contribution is 4.87. The summed E-state index contributed by atoms with van der Waals surface area (Å²) in [5, 5.41) is 7.25. The summed E-state index contributed by atoms with van der Waals surface area (Å²) in [4.78, 5) is 2.47. The van der Waals surface area contributed by atoms with Gasteiger partial charge in [-0.25, -0.2) is 0 Å². The van der Waals surface area contributed by atoms with Gasteiger partial charge in [-0.3, -0.25) is 0 Å². The molecule has 2 aliphatic rings. The molecule has 0 saturated carbocycles. The fourth-order valence-electron chi connectivity index (χ4n) is 3.41. The predicted octanol–water partition coefficient (Wildman–Crippen LogP) is 1.70. The van der Waals surface area contributed by atoms with E-state index in [-0.39, 0.29) is 0 Å². The Bertz CT molecular complexity index is 246. The molecule has 3 heteroatoms. The topological polar surface area (TPSA) is 27.3 Å². The van der Waals surface area contributed by atoms with Gasteiger partial charge < -0.3 is 15.5 Å². The normalized spacial score (nSPS) is 30.2.